The van der Waals surface area contributed by atoms with E-state index in [0.717, 1.165) is 65.2 Å². The predicted octanol–water partition coefficient (Wildman–Crippen LogP) is 7.47. The van der Waals surface area contributed by atoms with Crippen LogP contribution in [0.15, 0.2) is 89.8 Å². The van der Waals surface area contributed by atoms with Crippen LogP contribution in [0.4, 0.5) is 0 Å². The first-order chi connectivity index (χ1) is 24.0. The van der Waals surface area contributed by atoms with Gasteiger partial charge in [-0.3, -0.25) is 9.80 Å². The van der Waals surface area contributed by atoms with E-state index in [4.69, 9.17) is 9.22 Å². The number of aryl methyl sites for hydroxylation is 6. The molecule has 8 nitrogen and oxygen atoms in total. The number of nitrogens with zero attached hydrogens (tertiary/aromatic N) is 3. The molecule has 1 saturated heterocycles. The minimum Gasteiger partial charge on any atom is -0.324 e. The summed E-state index contributed by atoms with van der Waals surface area (Å²) in [6.07, 6.45) is 0. The fourth-order valence-corrected chi connectivity index (χ4v) is 9.91. The SMILES string of the molecule is CCN([C@H]1CN(Cc2ccccc2)CCN(Cc2ccccc2)C[C@@H]1NSOOc1c(C)cc(C)cc1C)S(=O)(=O)c1c(C)cc(C)cc1C. The van der Waals surface area contributed by atoms with Gasteiger partial charge in [-0.25, -0.2) is 13.1 Å². The van der Waals surface area contributed by atoms with Crippen LogP contribution in [0.5, 0.6) is 5.75 Å². The summed E-state index contributed by atoms with van der Waals surface area (Å²) in [4.78, 5) is 11.0. The number of hydrogen-bond acceptors (Lipinski definition) is 8. The van der Waals surface area contributed by atoms with Gasteiger partial charge in [0, 0.05) is 45.8 Å². The smallest absolute Gasteiger partial charge is 0.243 e. The van der Waals surface area contributed by atoms with E-state index in [0.29, 0.717) is 36.8 Å². The lowest BCUT2D eigenvalue weighted by Crippen LogP contribution is -2.61. The molecule has 0 radical (unpaired) electrons. The predicted molar refractivity (Wildman–Crippen MR) is 204 cm³/mol. The molecule has 0 aromatic heterocycles. The molecule has 0 amide bonds. The molecule has 1 heterocycles. The van der Waals surface area contributed by atoms with E-state index >= 15 is 0 Å². The highest BCUT2D eigenvalue weighted by Crippen LogP contribution is 2.30. The fourth-order valence-electron chi connectivity index (χ4n) is 7.34. The van der Waals surface area contributed by atoms with Gasteiger partial charge in [0.25, 0.3) is 0 Å². The maximum atomic E-state index is 14.8. The Labute approximate surface area is 304 Å². The molecular weight excluding hydrogens is 665 g/mol. The number of rotatable bonds is 13. The van der Waals surface area contributed by atoms with Gasteiger partial charge in [-0.1, -0.05) is 107 Å². The van der Waals surface area contributed by atoms with Crippen molar-refractivity contribution in [3.63, 3.8) is 0 Å². The van der Waals surface area contributed by atoms with Crippen LogP contribution >= 0.6 is 12.2 Å². The number of hydrogen-bond donors (Lipinski definition) is 1. The first-order valence-electron chi connectivity index (χ1n) is 17.4. The van der Waals surface area contributed by atoms with Crippen LogP contribution in [-0.4, -0.2) is 67.3 Å². The summed E-state index contributed by atoms with van der Waals surface area (Å²) in [6.45, 7) is 18.3. The zero-order valence-electron chi connectivity index (χ0n) is 30.5. The molecule has 2 atom stereocenters. The van der Waals surface area contributed by atoms with Crippen LogP contribution in [0.2, 0.25) is 0 Å². The summed E-state index contributed by atoms with van der Waals surface area (Å²) >= 11 is 1.01. The second-order valence-corrected chi connectivity index (χ2v) is 16.0. The van der Waals surface area contributed by atoms with Crippen LogP contribution in [0.1, 0.15) is 51.4 Å². The summed E-state index contributed by atoms with van der Waals surface area (Å²) in [5.41, 5.74) is 8.11. The molecule has 4 aromatic rings. The van der Waals surface area contributed by atoms with E-state index in [2.05, 4.69) is 82.1 Å². The van der Waals surface area contributed by atoms with Gasteiger partial charge in [0.1, 0.15) is 12.2 Å². The first-order valence-corrected chi connectivity index (χ1v) is 19.6. The van der Waals surface area contributed by atoms with Crippen molar-refractivity contribution in [2.24, 2.45) is 0 Å². The van der Waals surface area contributed by atoms with E-state index < -0.39 is 16.1 Å². The van der Waals surface area contributed by atoms with Crippen LogP contribution < -0.4 is 9.61 Å². The molecule has 1 aliphatic rings. The molecule has 1 N–H and O–H groups in total. The van der Waals surface area contributed by atoms with Crippen molar-refractivity contribution < 1.29 is 17.6 Å². The van der Waals surface area contributed by atoms with Crippen molar-refractivity contribution in [3.8, 4) is 5.75 Å². The van der Waals surface area contributed by atoms with E-state index in [9.17, 15) is 8.42 Å². The van der Waals surface area contributed by atoms with Gasteiger partial charge in [-0.05, 0) is 74.9 Å². The molecule has 0 bridgehead atoms. The Morgan fingerprint density at radius 1 is 0.740 bits per heavy atom. The number of benzene rings is 4. The van der Waals surface area contributed by atoms with Gasteiger partial charge in [0.15, 0.2) is 5.75 Å². The normalized spacial score (nSPS) is 17.8. The highest BCUT2D eigenvalue weighted by Gasteiger charge is 2.40. The van der Waals surface area contributed by atoms with E-state index in [-0.39, 0.29) is 6.04 Å². The summed E-state index contributed by atoms with van der Waals surface area (Å²) in [6, 6.07) is 28.2. The fraction of sp³-hybridized carbons (Fsp3) is 0.400. The second-order valence-electron chi connectivity index (χ2n) is 13.6. The lowest BCUT2D eigenvalue weighted by molar-refractivity contribution is -0.0807. The highest BCUT2D eigenvalue weighted by molar-refractivity contribution is 7.92. The molecule has 5 rings (SSSR count). The molecule has 0 saturated carbocycles. The van der Waals surface area contributed by atoms with Gasteiger partial charge in [0.05, 0.1) is 17.0 Å². The maximum absolute atomic E-state index is 14.8. The lowest BCUT2D eigenvalue weighted by Gasteiger charge is -2.43. The third-order valence-electron chi connectivity index (χ3n) is 9.40. The van der Waals surface area contributed by atoms with Gasteiger partial charge in [-0.15, -0.1) is 0 Å². The Morgan fingerprint density at radius 3 is 1.72 bits per heavy atom. The summed E-state index contributed by atoms with van der Waals surface area (Å²) in [5.74, 6) is 0.682. The average Bonchev–Trinajstić information content (AvgIpc) is 3.05. The summed E-state index contributed by atoms with van der Waals surface area (Å²) in [7, 11) is -3.88. The van der Waals surface area contributed by atoms with Crippen LogP contribution in [0, 0.1) is 41.5 Å². The van der Waals surface area contributed by atoms with Crippen molar-refractivity contribution in [1.82, 2.24) is 18.8 Å². The topological polar surface area (TPSA) is 74.3 Å². The molecule has 50 heavy (non-hydrogen) atoms. The van der Waals surface area contributed by atoms with Crippen LogP contribution in [0.25, 0.3) is 0 Å². The number of nitrogens with one attached hydrogen (secondary N) is 1. The average molecular weight is 717 g/mol. The summed E-state index contributed by atoms with van der Waals surface area (Å²) < 4.78 is 40.6. The third kappa shape index (κ3) is 9.55. The molecule has 268 valence electrons. The Bertz CT molecular complexity index is 1780. The second kappa shape index (κ2) is 17.3. The minimum atomic E-state index is -3.88. The van der Waals surface area contributed by atoms with E-state index in [1.54, 1.807) is 4.31 Å². The molecule has 10 heteroatoms. The number of likely N-dealkylation sites (N-methyl/N-ethyl adjacent to an activating group) is 1. The molecular formula is C40H52N4O4S2. The van der Waals surface area contributed by atoms with E-state index in [1.807, 2.05) is 65.8 Å². The Hall–Kier alpha value is -3.22. The zero-order chi connectivity index (χ0) is 35.8. The van der Waals surface area contributed by atoms with Gasteiger partial charge in [0.2, 0.25) is 10.0 Å². The molecule has 1 aliphatic heterocycles. The van der Waals surface area contributed by atoms with Crippen LogP contribution in [-0.2, 0) is 27.4 Å². The third-order valence-corrected chi connectivity index (χ3v) is 12.2. The highest BCUT2D eigenvalue weighted by atomic mass is 32.2. The molecule has 0 aliphatic carbocycles. The van der Waals surface area contributed by atoms with Gasteiger partial charge < -0.3 is 4.89 Å². The largest absolute Gasteiger partial charge is 0.324 e. The molecule has 4 aromatic carbocycles. The Balaban J connectivity index is 1.51. The first kappa shape index (κ1) is 38.0. The molecule has 0 unspecified atom stereocenters. The number of sulfonamides is 1. The van der Waals surface area contributed by atoms with Gasteiger partial charge >= 0.3 is 0 Å². The standard InChI is InChI=1S/C40H52N4O4S2/c1-8-44(50(45,46)40-33(6)23-30(3)24-34(40)7)38-28-43(26-36-17-13-10-14-18-36)20-19-42(25-35-15-11-9-12-16-35)27-37(38)41-49-48-47-39-31(4)21-29(2)22-32(39)5/h9-18,21-24,37-38,41H,8,19-20,25-28H2,1-7H3/t37-,38-/m0/s1. The van der Waals surface area contributed by atoms with Crippen LogP contribution in [0.3, 0.4) is 0 Å². The molecule has 1 fully saturated rings. The Morgan fingerprint density at radius 2 is 1.22 bits per heavy atom. The quantitative estimate of drug-likeness (QED) is 0.0503. The summed E-state index contributed by atoms with van der Waals surface area (Å²) in [5, 5.41) is 0. The minimum absolute atomic E-state index is 0.313. The van der Waals surface area contributed by atoms with Crippen molar-refractivity contribution in [3.05, 3.63) is 129 Å². The zero-order valence-corrected chi connectivity index (χ0v) is 32.1. The molecule has 0 spiro atoms. The monoisotopic (exact) mass is 716 g/mol. The van der Waals surface area contributed by atoms with E-state index in [1.165, 1.54) is 11.1 Å². The Kier molecular flexibility index (Phi) is 13.2. The van der Waals surface area contributed by atoms with Gasteiger partial charge in [-0.2, -0.15) is 4.31 Å². The maximum Gasteiger partial charge on any atom is 0.243 e. The van der Waals surface area contributed by atoms with Crippen molar-refractivity contribution in [2.45, 2.75) is 78.5 Å². The van der Waals surface area contributed by atoms with Crippen molar-refractivity contribution >= 4 is 22.3 Å². The van der Waals surface area contributed by atoms with Crippen molar-refractivity contribution in [1.29, 1.82) is 0 Å². The van der Waals surface area contributed by atoms with Crippen molar-refractivity contribution in [2.75, 3.05) is 32.7 Å². The lowest BCUT2D eigenvalue weighted by atomic mass is 10.0.